The Morgan fingerprint density at radius 2 is 0.710 bits per heavy atom. The van der Waals surface area contributed by atoms with Gasteiger partial charge in [0.25, 0.3) is 0 Å². The van der Waals surface area contributed by atoms with E-state index in [4.69, 9.17) is 37.9 Å². The van der Waals surface area contributed by atoms with E-state index in [2.05, 4.69) is 47.9 Å². The second kappa shape index (κ2) is 53.4. The van der Waals surface area contributed by atoms with Crippen molar-refractivity contribution >= 4 is 53.2 Å². The number of carbonyl (C=O) groups excluding carboxylic acids is 9. The van der Waals surface area contributed by atoms with Gasteiger partial charge < -0.3 is 137 Å². The Morgan fingerprint density at radius 1 is 0.383 bits per heavy atom. The zero-order chi connectivity index (χ0) is 78.6. The maximum atomic E-state index is 13.9. The molecule has 0 aromatic heterocycles. The second-order valence-electron chi connectivity index (χ2n) is 28.1. The van der Waals surface area contributed by atoms with Crippen LogP contribution in [0.25, 0.3) is 0 Å². The summed E-state index contributed by atoms with van der Waals surface area (Å²) >= 11 is 0. The van der Waals surface area contributed by atoms with Gasteiger partial charge in [-0.05, 0) is 64.2 Å². The largest absolute Gasteiger partial charge is 0.394 e. The first-order chi connectivity index (χ1) is 51.3. The third-order valence-corrected chi connectivity index (χ3v) is 19.1. The minimum Gasteiger partial charge on any atom is -0.394 e. The lowest BCUT2D eigenvalue weighted by Gasteiger charge is -2.42. The number of amides is 9. The van der Waals surface area contributed by atoms with Gasteiger partial charge in [0.15, 0.2) is 18.9 Å². The normalized spacial score (nSPS) is 27.6. The van der Waals surface area contributed by atoms with Gasteiger partial charge in [0.2, 0.25) is 53.2 Å². The highest BCUT2D eigenvalue weighted by Crippen LogP contribution is 2.27. The van der Waals surface area contributed by atoms with Crippen LogP contribution in [-0.2, 0) is 81.0 Å². The Labute approximate surface area is 627 Å². The maximum absolute atomic E-state index is 13.9. The summed E-state index contributed by atoms with van der Waals surface area (Å²) in [5.74, 6) is -4.06. The third kappa shape index (κ3) is 36.0. The first-order valence-corrected chi connectivity index (χ1v) is 38.4. The maximum Gasteiger partial charge on any atom is 0.242 e. The van der Waals surface area contributed by atoms with Crippen LogP contribution < -0.4 is 47.9 Å². The molecule has 4 rings (SSSR count). The second-order valence-corrected chi connectivity index (χ2v) is 28.1. The number of aliphatic hydroxyl groups is 10. The zero-order valence-corrected chi connectivity index (χ0v) is 62.8. The van der Waals surface area contributed by atoms with Gasteiger partial charge in [-0.3, -0.25) is 43.2 Å². The smallest absolute Gasteiger partial charge is 0.242 e. The van der Waals surface area contributed by atoms with E-state index in [1.54, 1.807) is 0 Å². The molecule has 9 amide bonds. The Morgan fingerprint density at radius 3 is 1.08 bits per heavy atom. The Balaban J connectivity index is 1.30. The van der Waals surface area contributed by atoms with Crippen molar-refractivity contribution in [3.8, 4) is 0 Å². The van der Waals surface area contributed by atoms with Gasteiger partial charge in [0.05, 0.1) is 38.6 Å². The molecule has 4 aliphatic rings. The molecule has 36 nitrogen and oxygen atoms in total. The van der Waals surface area contributed by atoms with Crippen molar-refractivity contribution in [1.29, 1.82) is 0 Å². The van der Waals surface area contributed by atoms with E-state index in [1.807, 2.05) is 0 Å². The summed E-state index contributed by atoms with van der Waals surface area (Å²) in [6.45, 7) is 3.64. The van der Waals surface area contributed by atoms with E-state index in [9.17, 15) is 94.2 Å². The predicted molar refractivity (Wildman–Crippen MR) is 381 cm³/mol. The molecule has 4 aliphatic heterocycles. The van der Waals surface area contributed by atoms with E-state index >= 15 is 0 Å². The monoisotopic (exact) mass is 1540 g/mol. The molecule has 4 saturated heterocycles. The third-order valence-electron chi connectivity index (χ3n) is 19.1. The number of aliphatic hydroxyl groups excluding tert-OH is 10. The lowest BCUT2D eigenvalue weighted by Crippen LogP contribution is -2.64. The molecule has 0 spiro atoms. The number of nitrogens with one attached hydrogen (secondary N) is 9. The summed E-state index contributed by atoms with van der Waals surface area (Å²) in [6.07, 6.45) is -3.25. The van der Waals surface area contributed by atoms with Crippen molar-refractivity contribution in [2.24, 2.45) is 0 Å². The van der Waals surface area contributed by atoms with Gasteiger partial charge in [0, 0.05) is 106 Å². The minimum atomic E-state index is -1.47. The average Bonchev–Trinajstić information content (AvgIpc) is 1.57. The quantitative estimate of drug-likeness (QED) is 0.0264. The van der Waals surface area contributed by atoms with Crippen LogP contribution in [-0.4, -0.2) is 306 Å². The van der Waals surface area contributed by atoms with Crippen molar-refractivity contribution in [3.63, 3.8) is 0 Å². The van der Waals surface area contributed by atoms with Gasteiger partial charge in [-0.1, -0.05) is 77.0 Å². The number of rotatable bonds is 55. The van der Waals surface area contributed by atoms with Crippen LogP contribution in [0.15, 0.2) is 0 Å². The average molecular weight is 1540 g/mol. The van der Waals surface area contributed by atoms with Gasteiger partial charge in [-0.2, -0.15) is 0 Å². The summed E-state index contributed by atoms with van der Waals surface area (Å²) in [5.41, 5.74) is 0. The SMILES string of the molecule is COC[C@@H]1O[C@@H](CNC(=O)CCCCCCCCCCC(=O)NC(CCC(=O)NC(CCC(=O)NCCCCCCOC2OC(CO)C(O)C(O)C2NC(C)=O)C(=O)NCCCCCCOC2OC(CO)C(O)C(O)C2NC(C)=O)C(=O)NCCCCCCOC2OC(CO)C(O)C(O)C2NC(C)=O)C[C@H]1O. The van der Waals surface area contributed by atoms with Crippen molar-refractivity contribution in [3.05, 3.63) is 0 Å². The van der Waals surface area contributed by atoms with E-state index in [0.717, 1.165) is 44.9 Å². The molecular formula is C71H127N9O27. The van der Waals surface area contributed by atoms with Gasteiger partial charge in [-0.25, -0.2) is 0 Å². The highest BCUT2D eigenvalue weighted by Gasteiger charge is 2.48. The summed E-state index contributed by atoms with van der Waals surface area (Å²) in [7, 11) is 1.54. The van der Waals surface area contributed by atoms with Gasteiger partial charge >= 0.3 is 0 Å². The van der Waals surface area contributed by atoms with Crippen molar-refractivity contribution < 1.29 is 132 Å². The molecule has 107 heavy (non-hydrogen) atoms. The van der Waals surface area contributed by atoms with Crippen LogP contribution in [0.1, 0.15) is 194 Å². The minimum absolute atomic E-state index is 0.0713. The Kier molecular flexibility index (Phi) is 46.9. The Bertz CT molecular complexity index is 2590. The molecule has 19 N–H and O–H groups in total. The number of unbranched alkanes of at least 4 members (excludes halogenated alkanes) is 16. The van der Waals surface area contributed by atoms with Crippen molar-refractivity contribution in [1.82, 2.24) is 47.9 Å². The standard InChI is InChI=1S/C71H127N9O27/c1-43(84)76-58-64(95)61(92)50(39-81)105-69(58)101-34-22-14-11-19-31-72-55(89)29-27-47(67(98)73-32-20-12-15-23-35-102-70-59(77-44(2)85)65(96)62(93)51(40-82)106-70)80-57(91)30-28-48(68(99)74-33-21-13-16-24-36-103-71-60(78-45(3)86)66(97)63(94)52(41-83)107-71)79-56(90)26-18-10-8-6-5-7-9-17-25-54(88)75-38-46-37-49(87)53(104-46)42-100-4/h46-53,58-66,69-71,81-83,87,92-97H,5-42H2,1-4H3,(H,72,89)(H,73,98)(H,74,99)(H,75,88)(H,76,84)(H,77,85)(H,78,86)(H,79,90)(H,80,91)/t46-,47?,48?,49-,50?,51?,52?,53+,58?,59?,60?,61?,62?,63?,64?,65?,66?,69?,70?,71?/m1/s1. The van der Waals surface area contributed by atoms with Crippen LogP contribution in [0.5, 0.6) is 0 Å². The summed E-state index contributed by atoms with van der Waals surface area (Å²) in [6, 6.07) is -5.60. The number of methoxy groups -OCH3 is 1. The summed E-state index contributed by atoms with van der Waals surface area (Å²) in [5, 5.41) is 126. The molecule has 20 atom stereocenters. The van der Waals surface area contributed by atoms with Crippen molar-refractivity contribution in [2.75, 3.05) is 79.5 Å². The molecule has 4 heterocycles. The zero-order valence-electron chi connectivity index (χ0n) is 62.8. The molecule has 0 bridgehead atoms. The van der Waals surface area contributed by atoms with Crippen LogP contribution in [0.4, 0.5) is 0 Å². The first-order valence-electron chi connectivity index (χ1n) is 38.4. The fourth-order valence-corrected chi connectivity index (χ4v) is 13.0. The highest BCUT2D eigenvalue weighted by molar-refractivity contribution is 5.90. The first kappa shape index (κ1) is 93.9. The van der Waals surface area contributed by atoms with E-state index < -0.39 is 183 Å². The molecule has 0 aliphatic carbocycles. The van der Waals surface area contributed by atoms with Crippen LogP contribution in [0, 0.1) is 0 Å². The highest BCUT2D eigenvalue weighted by atomic mass is 16.7. The fourth-order valence-electron chi connectivity index (χ4n) is 13.0. The lowest BCUT2D eigenvalue weighted by atomic mass is 9.97. The van der Waals surface area contributed by atoms with Crippen LogP contribution in [0.3, 0.4) is 0 Å². The Hall–Kier alpha value is -5.49. The van der Waals surface area contributed by atoms with Crippen molar-refractivity contribution in [2.45, 2.75) is 316 Å². The number of hydrogen-bond acceptors (Lipinski definition) is 27. The molecule has 17 unspecified atom stereocenters. The van der Waals surface area contributed by atoms with Crippen LogP contribution in [0.2, 0.25) is 0 Å². The topological polar surface area (TPSA) is 538 Å². The lowest BCUT2D eigenvalue weighted by molar-refractivity contribution is -0.270. The predicted octanol–water partition coefficient (Wildman–Crippen LogP) is -3.39. The number of hydrogen-bond donors (Lipinski definition) is 19. The molecule has 0 saturated carbocycles. The number of ether oxygens (including phenoxy) is 8. The fraction of sp³-hybridized carbons (Fsp3) is 0.873. The van der Waals surface area contributed by atoms with Gasteiger partial charge in [-0.15, -0.1) is 0 Å². The molecule has 0 radical (unpaired) electrons. The molecule has 0 aromatic carbocycles. The van der Waals surface area contributed by atoms with Gasteiger partial charge in [0.1, 0.15) is 91.2 Å². The molecule has 4 fully saturated rings. The van der Waals surface area contributed by atoms with E-state index in [-0.39, 0.29) is 90.2 Å². The van der Waals surface area contributed by atoms with E-state index in [0.29, 0.717) is 103 Å². The molecular weight excluding hydrogens is 1410 g/mol. The molecule has 618 valence electrons. The van der Waals surface area contributed by atoms with E-state index in [1.165, 1.54) is 27.9 Å². The summed E-state index contributed by atoms with van der Waals surface area (Å²) in [4.78, 5) is 116. The summed E-state index contributed by atoms with van der Waals surface area (Å²) < 4.78 is 45.1. The molecule has 36 heteroatoms. The van der Waals surface area contributed by atoms with Crippen LogP contribution >= 0.6 is 0 Å². The molecule has 0 aromatic rings. The number of carbonyl (C=O) groups is 9.